The molecular weight excluding hydrogens is 502 g/mol. The molecule has 0 radical (unpaired) electrons. The number of carbonyl (C=O) groups is 2. The van der Waals surface area contributed by atoms with Gasteiger partial charge < -0.3 is 20.0 Å². The Labute approximate surface area is 191 Å². The second-order valence-corrected chi connectivity index (χ2v) is 13.0. The van der Waals surface area contributed by atoms with E-state index in [1.165, 1.54) is 38.7 Å². The standard InChI is InChI=1S/3C6H5.2C3H7NO2.Sb/c3*1-2-4-6-5-3-1;2*1-4(2)3(5)6;/h3*1-5H;2*1-2H3,(H,5,6);. The third kappa shape index (κ3) is 10.1. The van der Waals surface area contributed by atoms with Crippen molar-refractivity contribution in [2.45, 2.75) is 0 Å². The van der Waals surface area contributed by atoms with Crippen LogP contribution in [0.3, 0.4) is 0 Å². The first-order valence-corrected chi connectivity index (χ1v) is 13.3. The van der Waals surface area contributed by atoms with Crippen molar-refractivity contribution >= 4 is 42.9 Å². The number of rotatable bonds is 3. The minimum atomic E-state index is -1.83. The van der Waals surface area contributed by atoms with E-state index in [2.05, 4.69) is 91.0 Å². The third-order valence-electron chi connectivity index (χ3n) is 3.81. The molecule has 7 heteroatoms. The van der Waals surface area contributed by atoms with E-state index >= 15 is 0 Å². The van der Waals surface area contributed by atoms with Crippen molar-refractivity contribution in [2.24, 2.45) is 0 Å². The number of amides is 2. The molecule has 0 bridgehead atoms. The average Bonchev–Trinajstić information content (AvgIpc) is 2.77. The van der Waals surface area contributed by atoms with Gasteiger partial charge in [-0.05, 0) is 0 Å². The predicted molar refractivity (Wildman–Crippen MR) is 127 cm³/mol. The van der Waals surface area contributed by atoms with Crippen LogP contribution in [0.25, 0.3) is 0 Å². The zero-order valence-corrected chi connectivity index (χ0v) is 20.8. The van der Waals surface area contributed by atoms with Crippen LogP contribution in [-0.4, -0.2) is 80.6 Å². The molecule has 0 atom stereocenters. The van der Waals surface area contributed by atoms with Gasteiger partial charge in [0.25, 0.3) is 0 Å². The maximum atomic E-state index is 9.62. The molecule has 3 aromatic carbocycles. The molecular formula is C24H29N2O4Sb. The summed E-state index contributed by atoms with van der Waals surface area (Å²) in [4.78, 5) is 21.4. The molecule has 0 aromatic heterocycles. The Balaban J connectivity index is 0.000000333. The number of hydrogen-bond acceptors (Lipinski definition) is 2. The van der Waals surface area contributed by atoms with Crippen molar-refractivity contribution in [1.82, 2.24) is 9.80 Å². The number of nitrogens with zero attached hydrogens (tertiary/aromatic N) is 2. The van der Waals surface area contributed by atoms with Gasteiger partial charge >= 0.3 is 134 Å². The molecule has 0 aliphatic heterocycles. The van der Waals surface area contributed by atoms with Gasteiger partial charge in [-0.2, -0.15) is 0 Å². The zero-order chi connectivity index (χ0) is 23.2. The van der Waals surface area contributed by atoms with Crippen LogP contribution in [0.2, 0.25) is 0 Å². The van der Waals surface area contributed by atoms with E-state index < -0.39 is 32.4 Å². The summed E-state index contributed by atoms with van der Waals surface area (Å²) in [7, 11) is 5.90. The predicted octanol–water partition coefficient (Wildman–Crippen LogP) is 2.65. The average molecular weight is 531 g/mol. The van der Waals surface area contributed by atoms with Gasteiger partial charge in [-0.3, -0.25) is 0 Å². The topological polar surface area (TPSA) is 81.1 Å². The number of benzene rings is 3. The molecule has 0 unspecified atom stereocenters. The summed E-state index contributed by atoms with van der Waals surface area (Å²) in [6.45, 7) is 0. The monoisotopic (exact) mass is 530 g/mol. The van der Waals surface area contributed by atoms with Gasteiger partial charge in [0.05, 0.1) is 0 Å². The van der Waals surface area contributed by atoms with Crippen LogP contribution in [0.1, 0.15) is 0 Å². The van der Waals surface area contributed by atoms with Crippen LogP contribution in [0.4, 0.5) is 9.59 Å². The van der Waals surface area contributed by atoms with Gasteiger partial charge in [0, 0.05) is 28.2 Å². The van der Waals surface area contributed by atoms with Crippen molar-refractivity contribution in [3.05, 3.63) is 91.0 Å². The summed E-state index contributed by atoms with van der Waals surface area (Å²) in [5, 5.41) is 15.8. The summed E-state index contributed by atoms with van der Waals surface area (Å²) in [5.41, 5.74) is 0. The van der Waals surface area contributed by atoms with E-state index in [0.29, 0.717) is 0 Å². The first kappa shape index (κ1) is 26.1. The Kier molecular flexibility index (Phi) is 11.8. The molecule has 3 rings (SSSR count). The summed E-state index contributed by atoms with van der Waals surface area (Å²) >= 11 is -1.83. The fraction of sp³-hybridized carbons (Fsp3) is 0.167. The van der Waals surface area contributed by atoms with E-state index in [4.69, 9.17) is 10.2 Å². The van der Waals surface area contributed by atoms with Gasteiger partial charge in [-0.25, -0.2) is 9.59 Å². The molecule has 0 aliphatic rings. The molecule has 0 fully saturated rings. The molecule has 0 saturated carbocycles. The quantitative estimate of drug-likeness (QED) is 0.510. The van der Waals surface area contributed by atoms with Crippen molar-refractivity contribution < 1.29 is 19.8 Å². The molecule has 31 heavy (non-hydrogen) atoms. The third-order valence-corrected chi connectivity index (χ3v) is 10.8. The molecule has 164 valence electrons. The van der Waals surface area contributed by atoms with Gasteiger partial charge in [-0.1, -0.05) is 0 Å². The first-order chi connectivity index (χ1) is 14.7. The van der Waals surface area contributed by atoms with Gasteiger partial charge in [-0.15, -0.1) is 0 Å². The van der Waals surface area contributed by atoms with Gasteiger partial charge in [0.15, 0.2) is 0 Å². The molecule has 2 amide bonds. The van der Waals surface area contributed by atoms with Crippen LogP contribution >= 0.6 is 0 Å². The van der Waals surface area contributed by atoms with E-state index in [1.807, 2.05) is 0 Å². The van der Waals surface area contributed by atoms with Crippen molar-refractivity contribution in [3.8, 4) is 0 Å². The Morgan fingerprint density at radius 2 is 0.742 bits per heavy atom. The van der Waals surface area contributed by atoms with Crippen molar-refractivity contribution in [2.75, 3.05) is 28.2 Å². The second-order valence-electron chi connectivity index (χ2n) is 6.70. The van der Waals surface area contributed by atoms with E-state index in [9.17, 15) is 9.59 Å². The molecule has 0 spiro atoms. The van der Waals surface area contributed by atoms with Gasteiger partial charge in [0.2, 0.25) is 0 Å². The second kappa shape index (κ2) is 14.1. The van der Waals surface area contributed by atoms with Crippen LogP contribution in [0.5, 0.6) is 0 Å². The Hall–Kier alpha value is -2.98. The number of carboxylic acid groups (broad SMARTS) is 2. The molecule has 2 N–H and O–H groups in total. The molecule has 0 heterocycles. The Morgan fingerprint density at radius 1 is 0.548 bits per heavy atom. The zero-order valence-electron chi connectivity index (χ0n) is 18.2. The van der Waals surface area contributed by atoms with Crippen LogP contribution in [0, 0.1) is 0 Å². The van der Waals surface area contributed by atoms with E-state index in [-0.39, 0.29) is 0 Å². The summed E-state index contributed by atoms with van der Waals surface area (Å²) in [5.74, 6) is 0. The normalized spacial score (nSPS) is 9.45. The van der Waals surface area contributed by atoms with Crippen LogP contribution in [0.15, 0.2) is 91.0 Å². The number of hydrogen-bond donors (Lipinski definition) is 2. The first-order valence-electron chi connectivity index (χ1n) is 9.49. The Bertz CT molecular complexity index is 793. The van der Waals surface area contributed by atoms with Gasteiger partial charge in [0.1, 0.15) is 0 Å². The summed E-state index contributed by atoms with van der Waals surface area (Å²) in [6.07, 6.45) is -1.81. The van der Waals surface area contributed by atoms with Crippen molar-refractivity contribution in [3.63, 3.8) is 0 Å². The maximum absolute atomic E-state index is 9.62. The van der Waals surface area contributed by atoms with E-state index in [0.717, 1.165) is 9.80 Å². The fourth-order valence-corrected chi connectivity index (χ4v) is 8.76. The molecule has 6 nitrogen and oxygen atoms in total. The van der Waals surface area contributed by atoms with Crippen molar-refractivity contribution in [1.29, 1.82) is 0 Å². The Morgan fingerprint density at radius 3 is 0.903 bits per heavy atom. The van der Waals surface area contributed by atoms with Crippen LogP contribution in [-0.2, 0) is 0 Å². The minimum absolute atomic E-state index is 0.907. The van der Waals surface area contributed by atoms with Crippen LogP contribution < -0.4 is 10.5 Å². The molecule has 0 aliphatic carbocycles. The summed E-state index contributed by atoms with van der Waals surface area (Å²) in [6, 6.07) is 32.9. The fourth-order valence-electron chi connectivity index (χ4n) is 2.18. The van der Waals surface area contributed by atoms with E-state index in [1.54, 1.807) is 0 Å². The summed E-state index contributed by atoms with van der Waals surface area (Å²) < 4.78 is 4.55. The molecule has 3 aromatic rings. The SMILES string of the molecule is CN(C)C(=O)O.CN(C)C(=O)O.c1cc[c]([Sb]([c]2ccccc2)[c]2ccccc2)cc1. The molecule has 0 saturated heterocycles.